The predicted octanol–water partition coefficient (Wildman–Crippen LogP) is 3.98. The van der Waals surface area contributed by atoms with E-state index >= 15 is 0 Å². The molecule has 1 amide bonds. The van der Waals surface area contributed by atoms with Crippen molar-refractivity contribution in [3.05, 3.63) is 51.8 Å². The van der Waals surface area contributed by atoms with Crippen molar-refractivity contribution in [2.75, 3.05) is 18.2 Å². The standard InChI is InChI=1S/C14H11Cl2FN2O2/c1-21-8-2-3-10(17)12(6-8)19-14(20)7-4-9(15)13(16)11(18)5-7/h2-6H,18H2,1H3,(H,19,20). The molecule has 0 saturated heterocycles. The minimum absolute atomic E-state index is 0.0102. The third kappa shape index (κ3) is 3.37. The van der Waals surface area contributed by atoms with Gasteiger partial charge in [0, 0.05) is 11.6 Å². The Morgan fingerprint density at radius 1 is 1.29 bits per heavy atom. The topological polar surface area (TPSA) is 64.3 Å². The molecule has 2 rings (SSSR count). The van der Waals surface area contributed by atoms with E-state index in [1.807, 2.05) is 0 Å². The highest BCUT2D eigenvalue weighted by Gasteiger charge is 2.13. The number of nitrogen functional groups attached to an aromatic ring is 1. The highest BCUT2D eigenvalue weighted by atomic mass is 35.5. The van der Waals surface area contributed by atoms with E-state index in [9.17, 15) is 9.18 Å². The van der Waals surface area contributed by atoms with E-state index < -0.39 is 11.7 Å². The zero-order chi connectivity index (χ0) is 15.6. The van der Waals surface area contributed by atoms with Crippen LogP contribution in [0.25, 0.3) is 0 Å². The van der Waals surface area contributed by atoms with Crippen LogP contribution in [0.5, 0.6) is 5.75 Å². The average Bonchev–Trinajstić information content (AvgIpc) is 2.46. The van der Waals surface area contributed by atoms with Gasteiger partial charge in [-0.1, -0.05) is 23.2 Å². The number of methoxy groups -OCH3 is 1. The Morgan fingerprint density at radius 2 is 2.00 bits per heavy atom. The zero-order valence-electron chi connectivity index (χ0n) is 10.9. The largest absolute Gasteiger partial charge is 0.497 e. The molecule has 110 valence electrons. The number of hydrogen-bond acceptors (Lipinski definition) is 3. The second-order valence-corrected chi connectivity index (χ2v) is 4.95. The quantitative estimate of drug-likeness (QED) is 0.837. The minimum atomic E-state index is -0.586. The molecule has 0 spiro atoms. The number of ether oxygens (including phenoxy) is 1. The summed E-state index contributed by atoms with van der Waals surface area (Å²) >= 11 is 11.7. The van der Waals surface area contributed by atoms with Crippen molar-refractivity contribution < 1.29 is 13.9 Å². The summed E-state index contributed by atoms with van der Waals surface area (Å²) in [4.78, 5) is 12.1. The number of nitrogens with two attached hydrogens (primary N) is 1. The molecule has 2 aromatic rings. The summed E-state index contributed by atoms with van der Waals surface area (Å²) < 4.78 is 18.6. The molecule has 0 aromatic heterocycles. The number of halogens is 3. The van der Waals surface area contributed by atoms with Gasteiger partial charge in [-0.25, -0.2) is 4.39 Å². The Hall–Kier alpha value is -1.98. The van der Waals surface area contributed by atoms with Crippen LogP contribution in [-0.2, 0) is 0 Å². The van der Waals surface area contributed by atoms with Crippen molar-refractivity contribution in [3.8, 4) is 5.75 Å². The summed E-state index contributed by atoms with van der Waals surface area (Å²) in [6.45, 7) is 0. The molecule has 0 radical (unpaired) electrons. The first-order valence-electron chi connectivity index (χ1n) is 5.81. The lowest BCUT2D eigenvalue weighted by molar-refractivity contribution is 0.102. The summed E-state index contributed by atoms with van der Waals surface area (Å²) in [7, 11) is 1.44. The Morgan fingerprint density at radius 3 is 2.62 bits per heavy atom. The smallest absolute Gasteiger partial charge is 0.255 e. The second kappa shape index (κ2) is 6.20. The van der Waals surface area contributed by atoms with E-state index in [1.54, 1.807) is 0 Å². The summed E-state index contributed by atoms with van der Waals surface area (Å²) in [6, 6.07) is 6.73. The summed E-state index contributed by atoms with van der Waals surface area (Å²) in [5.74, 6) is -0.732. The monoisotopic (exact) mass is 328 g/mol. The molecule has 3 N–H and O–H groups in total. The number of rotatable bonds is 3. The summed E-state index contributed by atoms with van der Waals surface area (Å²) in [5, 5.41) is 2.74. The number of hydrogen-bond donors (Lipinski definition) is 2. The van der Waals surface area contributed by atoms with Crippen molar-refractivity contribution >= 4 is 40.5 Å². The molecule has 0 aliphatic heterocycles. The molecule has 7 heteroatoms. The van der Waals surface area contributed by atoms with Crippen LogP contribution in [0.1, 0.15) is 10.4 Å². The zero-order valence-corrected chi connectivity index (χ0v) is 12.4. The number of benzene rings is 2. The van der Waals surface area contributed by atoms with Gasteiger partial charge in [0.15, 0.2) is 0 Å². The fourth-order valence-electron chi connectivity index (χ4n) is 1.66. The third-order valence-corrected chi connectivity index (χ3v) is 3.56. The van der Waals surface area contributed by atoms with Crippen LogP contribution in [-0.4, -0.2) is 13.0 Å². The molecule has 0 heterocycles. The molecule has 0 aliphatic rings. The molecule has 0 atom stereocenters. The van der Waals surface area contributed by atoms with Gasteiger partial charge in [-0.15, -0.1) is 0 Å². The molecule has 0 fully saturated rings. The fraction of sp³-hybridized carbons (Fsp3) is 0.0714. The SMILES string of the molecule is COc1ccc(F)c(NC(=O)c2cc(N)c(Cl)c(Cl)c2)c1. The highest BCUT2D eigenvalue weighted by Crippen LogP contribution is 2.30. The van der Waals surface area contributed by atoms with Gasteiger partial charge >= 0.3 is 0 Å². The molecule has 21 heavy (non-hydrogen) atoms. The van der Waals surface area contributed by atoms with Gasteiger partial charge < -0.3 is 15.8 Å². The van der Waals surface area contributed by atoms with Gasteiger partial charge in [0.1, 0.15) is 11.6 Å². The van der Waals surface area contributed by atoms with E-state index in [4.69, 9.17) is 33.7 Å². The van der Waals surface area contributed by atoms with E-state index in [2.05, 4.69) is 5.32 Å². The first kappa shape index (κ1) is 15.4. The van der Waals surface area contributed by atoms with Gasteiger partial charge in [-0.3, -0.25) is 4.79 Å². The van der Waals surface area contributed by atoms with E-state index in [-0.39, 0.29) is 27.0 Å². The van der Waals surface area contributed by atoms with Crippen molar-refractivity contribution in [2.45, 2.75) is 0 Å². The molecule has 0 aliphatic carbocycles. The number of nitrogens with one attached hydrogen (secondary N) is 1. The van der Waals surface area contributed by atoms with Crippen LogP contribution < -0.4 is 15.8 Å². The Balaban J connectivity index is 2.30. The maximum absolute atomic E-state index is 13.7. The molecule has 2 aromatic carbocycles. The first-order chi connectivity index (χ1) is 9.92. The van der Waals surface area contributed by atoms with Crippen LogP contribution in [0.2, 0.25) is 10.0 Å². The Labute approximate surface area is 130 Å². The van der Waals surface area contributed by atoms with Gasteiger partial charge in [0.25, 0.3) is 5.91 Å². The molecule has 4 nitrogen and oxygen atoms in total. The van der Waals surface area contributed by atoms with Crippen molar-refractivity contribution in [2.24, 2.45) is 0 Å². The first-order valence-corrected chi connectivity index (χ1v) is 6.57. The second-order valence-electron chi connectivity index (χ2n) is 4.16. The maximum Gasteiger partial charge on any atom is 0.255 e. The molecule has 0 bridgehead atoms. The molecular formula is C14H11Cl2FN2O2. The number of anilines is 2. The van der Waals surface area contributed by atoms with Crippen LogP contribution >= 0.6 is 23.2 Å². The Kier molecular flexibility index (Phi) is 4.55. The van der Waals surface area contributed by atoms with Gasteiger partial charge in [-0.2, -0.15) is 0 Å². The lowest BCUT2D eigenvalue weighted by atomic mass is 10.2. The van der Waals surface area contributed by atoms with Gasteiger partial charge in [0.2, 0.25) is 0 Å². The number of amides is 1. The summed E-state index contributed by atoms with van der Waals surface area (Å²) in [6.07, 6.45) is 0. The van der Waals surface area contributed by atoms with E-state index in [0.29, 0.717) is 5.75 Å². The lowest BCUT2D eigenvalue weighted by Gasteiger charge is -2.10. The third-order valence-electron chi connectivity index (χ3n) is 2.74. The minimum Gasteiger partial charge on any atom is -0.497 e. The predicted molar refractivity (Wildman–Crippen MR) is 81.8 cm³/mol. The maximum atomic E-state index is 13.7. The van der Waals surface area contributed by atoms with Gasteiger partial charge in [-0.05, 0) is 24.3 Å². The van der Waals surface area contributed by atoms with E-state index in [1.165, 1.54) is 37.4 Å². The fourth-order valence-corrected chi connectivity index (χ4v) is 2.00. The lowest BCUT2D eigenvalue weighted by Crippen LogP contribution is -2.13. The normalized spacial score (nSPS) is 10.3. The Bertz CT molecular complexity index is 684. The molecular weight excluding hydrogens is 318 g/mol. The number of carbonyl (C=O) groups is 1. The van der Waals surface area contributed by atoms with Crippen molar-refractivity contribution in [1.29, 1.82) is 0 Å². The molecule has 0 unspecified atom stereocenters. The summed E-state index contributed by atoms with van der Waals surface area (Å²) in [5.41, 5.74) is 5.97. The van der Waals surface area contributed by atoms with Crippen LogP contribution in [0, 0.1) is 5.82 Å². The van der Waals surface area contributed by atoms with Gasteiger partial charge in [0.05, 0.1) is 28.5 Å². The van der Waals surface area contributed by atoms with Crippen LogP contribution in [0.4, 0.5) is 15.8 Å². The van der Waals surface area contributed by atoms with E-state index in [0.717, 1.165) is 0 Å². The van der Waals surface area contributed by atoms with Crippen molar-refractivity contribution in [3.63, 3.8) is 0 Å². The molecule has 0 saturated carbocycles. The van der Waals surface area contributed by atoms with Crippen LogP contribution in [0.15, 0.2) is 30.3 Å². The average molecular weight is 329 g/mol. The highest BCUT2D eigenvalue weighted by molar-refractivity contribution is 6.44. The van der Waals surface area contributed by atoms with Crippen molar-refractivity contribution in [1.82, 2.24) is 0 Å². The van der Waals surface area contributed by atoms with Crippen LogP contribution in [0.3, 0.4) is 0 Å². The number of carbonyl (C=O) groups excluding carboxylic acids is 1.